The first-order chi connectivity index (χ1) is 30.5. The summed E-state index contributed by atoms with van der Waals surface area (Å²) in [6.07, 6.45) is -1.49. The van der Waals surface area contributed by atoms with Crippen molar-refractivity contribution in [3.63, 3.8) is 0 Å². The third-order valence-corrected chi connectivity index (χ3v) is 9.94. The Hall–Kier alpha value is -6.58. The van der Waals surface area contributed by atoms with E-state index < -0.39 is 60.1 Å². The van der Waals surface area contributed by atoms with Crippen molar-refractivity contribution in [3.8, 4) is 0 Å². The molecule has 4 aromatic carbocycles. The molecule has 5 amide bonds. The molecule has 4 rings (SSSR count). The molecule has 3 atom stereocenters. The van der Waals surface area contributed by atoms with Gasteiger partial charge in [-0.1, -0.05) is 142 Å². The number of rotatable bonds is 23. The first-order valence-corrected chi connectivity index (χ1v) is 21.2. The van der Waals surface area contributed by atoms with Crippen molar-refractivity contribution < 1.29 is 47.7 Å². The van der Waals surface area contributed by atoms with Gasteiger partial charge in [0.15, 0.2) is 0 Å². The number of benzene rings is 4. The van der Waals surface area contributed by atoms with Crippen molar-refractivity contribution in [1.82, 2.24) is 15.1 Å². The predicted molar refractivity (Wildman–Crippen MR) is 235 cm³/mol. The quantitative estimate of drug-likeness (QED) is 0.0391. The summed E-state index contributed by atoms with van der Waals surface area (Å²) in [5.74, 6) is -3.01. The summed E-state index contributed by atoms with van der Waals surface area (Å²) in [4.78, 5) is 84.8. The van der Waals surface area contributed by atoms with Crippen molar-refractivity contribution in [2.24, 2.45) is 17.4 Å². The van der Waals surface area contributed by atoms with Gasteiger partial charge < -0.3 is 35.7 Å². The van der Waals surface area contributed by atoms with E-state index in [0.29, 0.717) is 53.0 Å². The van der Waals surface area contributed by atoms with E-state index in [1.54, 1.807) is 123 Å². The number of esters is 1. The largest absolute Gasteiger partial charge is 0.459 e. The number of amides is 5. The molecule has 0 spiro atoms. The maximum atomic E-state index is 14.7. The van der Waals surface area contributed by atoms with Gasteiger partial charge in [0.05, 0.1) is 6.04 Å². The van der Waals surface area contributed by atoms with E-state index in [1.165, 1.54) is 0 Å². The van der Waals surface area contributed by atoms with Gasteiger partial charge in [-0.25, -0.2) is 29.0 Å². The highest BCUT2D eigenvalue weighted by Crippen LogP contribution is 2.20. The second-order valence-electron chi connectivity index (χ2n) is 15.2. The number of nitrogens with one attached hydrogen (secondary N) is 1. The van der Waals surface area contributed by atoms with Crippen molar-refractivity contribution in [3.05, 3.63) is 144 Å². The summed E-state index contributed by atoms with van der Waals surface area (Å²) in [6, 6.07) is 31.7. The van der Waals surface area contributed by atoms with E-state index in [2.05, 4.69) is 5.32 Å². The Morgan fingerprint density at radius 3 is 1.40 bits per heavy atom. The molecule has 0 saturated carbocycles. The summed E-state index contributed by atoms with van der Waals surface area (Å²) in [6.45, 7) is 2.98. The van der Waals surface area contributed by atoms with Crippen LogP contribution in [0.1, 0.15) is 74.6 Å². The maximum Gasteiger partial charge on any atom is 0.419 e. The average molecular weight is 866 g/mol. The van der Waals surface area contributed by atoms with E-state index >= 15 is 0 Å². The van der Waals surface area contributed by atoms with Crippen molar-refractivity contribution in [2.75, 3.05) is 13.1 Å². The molecule has 15 heteroatoms. The Morgan fingerprint density at radius 1 is 0.556 bits per heavy atom. The van der Waals surface area contributed by atoms with Crippen LogP contribution in [0.15, 0.2) is 121 Å². The Morgan fingerprint density at radius 2 is 0.968 bits per heavy atom. The summed E-state index contributed by atoms with van der Waals surface area (Å²) >= 11 is 0. The van der Waals surface area contributed by atoms with E-state index in [4.69, 9.17) is 30.4 Å². The van der Waals surface area contributed by atoms with Crippen LogP contribution in [0.25, 0.3) is 0 Å². The van der Waals surface area contributed by atoms with Crippen LogP contribution in [0, 0.1) is 5.92 Å². The molecule has 5 N–H and O–H groups in total. The van der Waals surface area contributed by atoms with E-state index in [1.807, 2.05) is 12.1 Å². The monoisotopic (exact) mass is 865 g/mol. The van der Waals surface area contributed by atoms with Gasteiger partial charge in [0.25, 0.3) is 5.91 Å². The number of hydrogen-bond donors (Lipinski definition) is 3. The molecule has 0 heterocycles. The Labute approximate surface area is 369 Å². The minimum absolute atomic E-state index is 0.0833. The summed E-state index contributed by atoms with van der Waals surface area (Å²) in [5.41, 5.74) is 14.5. The molecule has 0 fully saturated rings. The zero-order chi connectivity index (χ0) is 45.4. The van der Waals surface area contributed by atoms with Crippen LogP contribution in [0.4, 0.5) is 14.4 Å². The fraction of sp³-hybridized carbons (Fsp3) is 0.375. The van der Waals surface area contributed by atoms with Gasteiger partial charge in [0.1, 0.15) is 38.5 Å². The lowest BCUT2D eigenvalue weighted by molar-refractivity contribution is -0.156. The number of unbranched alkanes of at least 4 members (excludes halogenated alkanes) is 2. The third-order valence-electron chi connectivity index (χ3n) is 9.94. The number of nitrogens with two attached hydrogens (primary N) is 2. The van der Waals surface area contributed by atoms with Gasteiger partial charge in [-0.3, -0.25) is 9.59 Å². The van der Waals surface area contributed by atoms with E-state index in [0.717, 1.165) is 4.90 Å². The molecular formula is C48H59N5O10. The Balaban J connectivity index is 1.61. The lowest BCUT2D eigenvalue weighted by atomic mass is 9.99. The molecule has 0 aliphatic carbocycles. The summed E-state index contributed by atoms with van der Waals surface area (Å²) < 4.78 is 22.4. The van der Waals surface area contributed by atoms with Crippen LogP contribution in [-0.2, 0) is 59.8 Å². The lowest BCUT2D eigenvalue weighted by Gasteiger charge is -2.33. The summed E-state index contributed by atoms with van der Waals surface area (Å²) in [7, 11) is 0. The standard InChI is InChI=1S/C48H59N5O10/c1-35(2)42(51-43(54)40(50)27-15-17-29-49)44(55)53(48(59)63-34-39-25-13-6-14-26-39)41(45(56)60-31-36-19-7-3-8-20-36)28-16-18-30-52(46(57)61-32-37-21-9-4-10-22-37)47(58)62-33-38-23-11-5-12-24-38/h3-14,19-26,35,40-42H,15-18,27-34,49-50H2,1-2H3,(H,51,54)/t40-,41-,42-/m0/s1. The SMILES string of the molecule is CC(C)[C@H](NC(=O)[C@@H](N)CCCCN)C(=O)N(C(=O)OCc1ccccc1)[C@@H](CCCCN(C(=O)OCc1ccccc1)C(=O)OCc1ccccc1)C(=O)OCc1ccccc1. The van der Waals surface area contributed by atoms with Gasteiger partial charge >= 0.3 is 24.2 Å². The molecule has 0 aliphatic rings. The van der Waals surface area contributed by atoms with E-state index in [-0.39, 0.29) is 52.2 Å². The molecule has 63 heavy (non-hydrogen) atoms. The number of ether oxygens (including phenoxy) is 4. The fourth-order valence-electron chi connectivity index (χ4n) is 6.36. The Kier molecular flexibility index (Phi) is 20.8. The molecule has 4 aromatic rings. The highest BCUT2D eigenvalue weighted by atomic mass is 16.6. The smallest absolute Gasteiger partial charge is 0.419 e. The minimum atomic E-state index is -1.57. The van der Waals surface area contributed by atoms with Crippen LogP contribution >= 0.6 is 0 Å². The topological polar surface area (TPSA) is 210 Å². The first kappa shape index (κ1) is 49.1. The lowest BCUT2D eigenvalue weighted by Crippen LogP contribution is -2.59. The summed E-state index contributed by atoms with van der Waals surface area (Å²) in [5, 5.41) is 2.70. The van der Waals surface area contributed by atoms with Crippen LogP contribution in [0.2, 0.25) is 0 Å². The second-order valence-corrected chi connectivity index (χ2v) is 15.2. The molecule has 0 aromatic heterocycles. The van der Waals surface area contributed by atoms with Gasteiger partial charge in [-0.2, -0.15) is 0 Å². The molecule has 336 valence electrons. The first-order valence-electron chi connectivity index (χ1n) is 21.2. The molecule has 0 saturated heterocycles. The van der Waals surface area contributed by atoms with E-state index in [9.17, 15) is 28.8 Å². The third kappa shape index (κ3) is 16.7. The van der Waals surface area contributed by atoms with Crippen LogP contribution < -0.4 is 16.8 Å². The fourth-order valence-corrected chi connectivity index (χ4v) is 6.36. The van der Waals surface area contributed by atoms with Crippen molar-refractivity contribution >= 4 is 36.1 Å². The van der Waals surface area contributed by atoms with Crippen LogP contribution in [0.5, 0.6) is 0 Å². The van der Waals surface area contributed by atoms with Crippen molar-refractivity contribution in [2.45, 2.75) is 96.9 Å². The predicted octanol–water partition coefficient (Wildman–Crippen LogP) is 7.01. The number of imide groups is 2. The highest BCUT2D eigenvalue weighted by Gasteiger charge is 2.42. The molecular weight excluding hydrogens is 807 g/mol. The zero-order valence-corrected chi connectivity index (χ0v) is 36.0. The van der Waals surface area contributed by atoms with Crippen molar-refractivity contribution in [1.29, 1.82) is 0 Å². The number of hydrogen-bond acceptors (Lipinski definition) is 12. The second kappa shape index (κ2) is 26.7. The van der Waals surface area contributed by atoms with Gasteiger partial charge in [0.2, 0.25) is 5.91 Å². The number of carbonyl (C=O) groups excluding carboxylic acids is 6. The Bertz CT molecular complexity index is 1970. The van der Waals surface area contributed by atoms with Gasteiger partial charge in [-0.15, -0.1) is 0 Å². The molecule has 0 bridgehead atoms. The highest BCUT2D eigenvalue weighted by molar-refractivity contribution is 6.01. The molecule has 15 nitrogen and oxygen atoms in total. The normalized spacial score (nSPS) is 12.3. The number of carbonyl (C=O) groups is 6. The van der Waals surface area contributed by atoms with Crippen LogP contribution in [-0.4, -0.2) is 77.1 Å². The maximum absolute atomic E-state index is 14.7. The zero-order valence-electron chi connectivity index (χ0n) is 36.0. The minimum Gasteiger partial charge on any atom is -0.459 e. The average Bonchev–Trinajstić information content (AvgIpc) is 3.30. The van der Waals surface area contributed by atoms with Gasteiger partial charge in [-0.05, 0) is 66.8 Å². The van der Waals surface area contributed by atoms with Gasteiger partial charge in [0, 0.05) is 6.54 Å². The number of nitrogens with zero attached hydrogens (tertiary/aromatic N) is 2. The molecule has 0 aliphatic heterocycles. The molecule has 0 unspecified atom stereocenters. The molecule has 0 radical (unpaired) electrons. The van der Waals surface area contributed by atoms with Crippen LogP contribution in [0.3, 0.4) is 0 Å².